The number of aliphatic hydroxyl groups is 1. The van der Waals surface area contributed by atoms with E-state index in [0.29, 0.717) is 62.5 Å². The van der Waals surface area contributed by atoms with Crippen LogP contribution in [0.3, 0.4) is 0 Å². The topological polar surface area (TPSA) is 117 Å². The van der Waals surface area contributed by atoms with Crippen molar-refractivity contribution in [1.29, 1.82) is 0 Å². The number of nitrogens with zero attached hydrogens (tertiary/aromatic N) is 4. The quantitative estimate of drug-likeness (QED) is 0.0819. The fourth-order valence-corrected chi connectivity index (χ4v) is 6.74. The first-order chi connectivity index (χ1) is 25.0. The second kappa shape index (κ2) is 17.1. The van der Waals surface area contributed by atoms with Crippen LogP contribution in [0.4, 0.5) is 4.79 Å². The lowest BCUT2D eigenvalue weighted by molar-refractivity contribution is 0.0295. The normalized spacial score (nSPS) is 11.7. The van der Waals surface area contributed by atoms with E-state index in [1.54, 1.807) is 37.7 Å². The molecule has 2 heterocycles. The van der Waals surface area contributed by atoms with Crippen molar-refractivity contribution in [2.75, 3.05) is 33.9 Å². The van der Waals surface area contributed by atoms with Crippen molar-refractivity contribution in [3.8, 4) is 16.9 Å². The highest BCUT2D eigenvalue weighted by molar-refractivity contribution is 6.05. The van der Waals surface area contributed by atoms with E-state index in [9.17, 15) is 14.7 Å². The lowest BCUT2D eigenvalue weighted by atomic mass is 9.98. The molecule has 0 saturated carbocycles. The highest BCUT2D eigenvalue weighted by Gasteiger charge is 2.28. The van der Waals surface area contributed by atoms with Gasteiger partial charge in [0, 0.05) is 56.2 Å². The molecule has 0 aliphatic rings. The summed E-state index contributed by atoms with van der Waals surface area (Å²) in [6.07, 6.45) is 2.20. The molecule has 11 nitrogen and oxygen atoms in total. The van der Waals surface area contributed by atoms with E-state index >= 15 is 0 Å². The van der Waals surface area contributed by atoms with Gasteiger partial charge < -0.3 is 33.5 Å². The maximum atomic E-state index is 13.9. The zero-order chi connectivity index (χ0) is 37.4. The molecule has 0 aliphatic carbocycles. The minimum Gasteiger partial charge on any atom is -0.493 e. The molecule has 0 saturated heterocycles. The number of aryl methyl sites for hydroxylation is 3. The summed E-state index contributed by atoms with van der Waals surface area (Å²) in [6.45, 7) is 9.04. The number of amides is 1. The zero-order valence-corrected chi connectivity index (χ0v) is 31.5. The molecular weight excluding hydrogens is 660 g/mol. The van der Waals surface area contributed by atoms with Crippen molar-refractivity contribution < 1.29 is 33.6 Å². The Hall–Kier alpha value is -4.87. The van der Waals surface area contributed by atoms with Gasteiger partial charge >= 0.3 is 12.1 Å². The van der Waals surface area contributed by atoms with Crippen LogP contribution in [0.15, 0.2) is 60.7 Å². The third kappa shape index (κ3) is 8.59. The molecule has 0 atom stereocenters. The first-order valence-corrected chi connectivity index (χ1v) is 18.0. The number of rotatable bonds is 16. The Morgan fingerprint density at radius 1 is 0.962 bits per heavy atom. The van der Waals surface area contributed by atoms with Gasteiger partial charge in [0.15, 0.2) is 0 Å². The van der Waals surface area contributed by atoms with E-state index in [0.717, 1.165) is 44.1 Å². The Balaban J connectivity index is 1.54. The van der Waals surface area contributed by atoms with Crippen LogP contribution in [0.2, 0.25) is 0 Å². The Morgan fingerprint density at radius 3 is 2.42 bits per heavy atom. The number of ether oxygens (including phenoxy) is 4. The number of para-hydroxylation sites is 1. The first-order valence-electron chi connectivity index (χ1n) is 18.0. The summed E-state index contributed by atoms with van der Waals surface area (Å²) >= 11 is 0. The van der Waals surface area contributed by atoms with Crippen LogP contribution < -0.4 is 4.74 Å². The van der Waals surface area contributed by atoms with E-state index in [4.69, 9.17) is 24.0 Å². The zero-order valence-electron chi connectivity index (χ0n) is 31.5. The lowest BCUT2D eigenvalue weighted by Gasteiger charge is -2.24. The second-order valence-corrected chi connectivity index (χ2v) is 13.9. The van der Waals surface area contributed by atoms with E-state index in [1.165, 1.54) is 0 Å². The van der Waals surface area contributed by atoms with Crippen LogP contribution in [0.5, 0.6) is 5.75 Å². The predicted molar refractivity (Wildman–Crippen MR) is 203 cm³/mol. The molecule has 11 heteroatoms. The summed E-state index contributed by atoms with van der Waals surface area (Å²) in [7, 11) is 5.15. The van der Waals surface area contributed by atoms with Gasteiger partial charge in [0.2, 0.25) is 0 Å². The van der Waals surface area contributed by atoms with Gasteiger partial charge in [0.1, 0.15) is 17.0 Å². The van der Waals surface area contributed by atoms with Crippen molar-refractivity contribution in [3.05, 3.63) is 83.3 Å². The van der Waals surface area contributed by atoms with E-state index in [2.05, 4.69) is 22.8 Å². The van der Waals surface area contributed by atoms with Crippen LogP contribution in [-0.2, 0) is 47.4 Å². The molecule has 1 N–H and O–H groups in total. The predicted octanol–water partition coefficient (Wildman–Crippen LogP) is 7.67. The highest BCUT2D eigenvalue weighted by atomic mass is 16.6. The van der Waals surface area contributed by atoms with Crippen LogP contribution in [0.1, 0.15) is 74.4 Å². The SMILES string of the molecule is CCOC(=O)c1c(CCCOc2cccc3ccccc23)c2cccc(-c3c(COC)nn(C)c3CO)c2n1CCCCN(C)C(=O)OC(C)(C)C. The number of methoxy groups -OCH3 is 1. The Morgan fingerprint density at radius 2 is 1.69 bits per heavy atom. The average Bonchev–Trinajstić information content (AvgIpc) is 3.60. The van der Waals surface area contributed by atoms with Crippen molar-refractivity contribution in [1.82, 2.24) is 19.2 Å². The third-order valence-electron chi connectivity index (χ3n) is 9.00. The molecule has 5 rings (SSSR count). The number of aromatic nitrogens is 3. The summed E-state index contributed by atoms with van der Waals surface area (Å²) in [5, 5.41) is 18.3. The van der Waals surface area contributed by atoms with Gasteiger partial charge in [-0.1, -0.05) is 54.6 Å². The Kier molecular flexibility index (Phi) is 12.6. The van der Waals surface area contributed by atoms with Crippen LogP contribution >= 0.6 is 0 Å². The van der Waals surface area contributed by atoms with Crippen LogP contribution in [0, 0.1) is 0 Å². The summed E-state index contributed by atoms with van der Waals surface area (Å²) in [5.74, 6) is 0.426. The summed E-state index contributed by atoms with van der Waals surface area (Å²) < 4.78 is 26.8. The van der Waals surface area contributed by atoms with Gasteiger partial charge in [-0.2, -0.15) is 5.10 Å². The maximum absolute atomic E-state index is 13.9. The number of carbonyl (C=O) groups excluding carboxylic acids is 2. The number of hydrogen-bond donors (Lipinski definition) is 1. The number of hydrogen-bond acceptors (Lipinski definition) is 8. The van der Waals surface area contributed by atoms with E-state index in [1.807, 2.05) is 63.2 Å². The van der Waals surface area contributed by atoms with E-state index < -0.39 is 11.6 Å². The summed E-state index contributed by atoms with van der Waals surface area (Å²) in [5.41, 5.74) is 4.61. The minimum atomic E-state index is -0.585. The molecule has 3 aromatic carbocycles. The maximum Gasteiger partial charge on any atom is 0.410 e. The molecule has 0 bridgehead atoms. The molecule has 0 aliphatic heterocycles. The van der Waals surface area contributed by atoms with Crippen LogP contribution in [0.25, 0.3) is 32.8 Å². The Labute approximate surface area is 306 Å². The first kappa shape index (κ1) is 38.4. The van der Waals surface area contributed by atoms with E-state index in [-0.39, 0.29) is 25.9 Å². The van der Waals surface area contributed by atoms with Gasteiger partial charge in [-0.3, -0.25) is 4.68 Å². The molecule has 1 amide bonds. The third-order valence-corrected chi connectivity index (χ3v) is 9.00. The van der Waals surface area contributed by atoms with Gasteiger partial charge in [-0.15, -0.1) is 0 Å². The van der Waals surface area contributed by atoms with Crippen LogP contribution in [-0.4, -0.2) is 75.9 Å². The Bertz CT molecular complexity index is 2000. The molecule has 0 spiro atoms. The fourth-order valence-electron chi connectivity index (χ4n) is 6.74. The van der Waals surface area contributed by atoms with Crippen molar-refractivity contribution in [3.63, 3.8) is 0 Å². The van der Waals surface area contributed by atoms with Gasteiger partial charge in [-0.25, -0.2) is 9.59 Å². The fraction of sp³-hybridized carbons (Fsp3) is 0.439. The minimum absolute atomic E-state index is 0.222. The molecule has 0 fully saturated rings. The molecule has 5 aromatic rings. The standard InChI is InChI=1S/C41H52N4O7/c1-8-50-39(47)38-31(21-15-25-51-35-22-13-17-28-16-9-10-18-29(28)35)30-19-14-20-32(36-33(27-49-7)42-44(6)34(36)26-46)37(30)45(38)24-12-11-23-43(5)40(48)52-41(2,3)4/h9-10,13-14,16-20,22,46H,8,11-12,15,21,23-27H2,1-7H3. The van der Waals surface area contributed by atoms with Gasteiger partial charge in [-0.05, 0) is 70.4 Å². The number of esters is 1. The molecule has 52 heavy (non-hydrogen) atoms. The molecular formula is C41H52N4O7. The van der Waals surface area contributed by atoms with Crippen molar-refractivity contribution in [2.45, 2.75) is 78.7 Å². The molecule has 0 unspecified atom stereocenters. The highest BCUT2D eigenvalue weighted by Crippen LogP contribution is 2.39. The average molecular weight is 713 g/mol. The monoisotopic (exact) mass is 712 g/mol. The number of benzene rings is 3. The van der Waals surface area contributed by atoms with Crippen molar-refractivity contribution >= 4 is 33.7 Å². The lowest BCUT2D eigenvalue weighted by Crippen LogP contribution is -2.34. The smallest absolute Gasteiger partial charge is 0.410 e. The van der Waals surface area contributed by atoms with Gasteiger partial charge in [0.05, 0.1) is 43.3 Å². The molecule has 2 aromatic heterocycles. The molecule has 278 valence electrons. The molecule has 0 radical (unpaired) electrons. The number of unbranched alkanes of at least 4 members (excludes halogenated alkanes) is 1. The number of fused-ring (bicyclic) bond motifs is 2. The van der Waals surface area contributed by atoms with Crippen molar-refractivity contribution in [2.24, 2.45) is 7.05 Å². The summed E-state index contributed by atoms with van der Waals surface area (Å²) in [6, 6.07) is 20.2. The second-order valence-electron chi connectivity index (χ2n) is 13.9. The van der Waals surface area contributed by atoms with Gasteiger partial charge in [0.25, 0.3) is 0 Å². The largest absolute Gasteiger partial charge is 0.493 e. The number of carbonyl (C=O) groups is 2. The number of aliphatic hydroxyl groups excluding tert-OH is 1. The summed E-state index contributed by atoms with van der Waals surface area (Å²) in [4.78, 5) is 28.2.